The van der Waals surface area contributed by atoms with Crippen LogP contribution in [0.4, 0.5) is 0 Å². The molecule has 6 heteroatoms. The lowest BCUT2D eigenvalue weighted by molar-refractivity contribution is -0.143. The molecule has 0 aliphatic heterocycles. The van der Waals surface area contributed by atoms with Gasteiger partial charge in [-0.05, 0) is 40.8 Å². The Labute approximate surface area is 181 Å². The standard InChI is InChI=1S/C24H25N3O2S/c1-25-9-11-30-17-20(16-27-10-8-26-18-27)12-19-13-22(21-6-4-3-5-7-21)15-23(14-19)24(28)29-2/h3-13,15,18,23H,1,14,16-17H2,2H3/b11-9-,20-12-. The first-order valence-corrected chi connectivity index (χ1v) is 10.7. The lowest BCUT2D eigenvalue weighted by Crippen LogP contribution is -2.17. The summed E-state index contributed by atoms with van der Waals surface area (Å²) in [7, 11) is 1.44. The van der Waals surface area contributed by atoms with Crippen LogP contribution in [-0.4, -0.2) is 35.1 Å². The largest absolute Gasteiger partial charge is 0.469 e. The number of thioether (sulfide) groups is 1. The first-order valence-electron chi connectivity index (χ1n) is 9.63. The third-order valence-corrected chi connectivity index (χ3v) is 5.51. The first-order chi connectivity index (χ1) is 14.7. The van der Waals surface area contributed by atoms with Crippen LogP contribution in [0.25, 0.3) is 5.57 Å². The van der Waals surface area contributed by atoms with Gasteiger partial charge in [0.25, 0.3) is 0 Å². The summed E-state index contributed by atoms with van der Waals surface area (Å²) in [6.07, 6.45) is 14.2. The Bertz CT molecular complexity index is 973. The van der Waals surface area contributed by atoms with Crippen LogP contribution in [0, 0.1) is 5.92 Å². The Morgan fingerprint density at radius 1 is 1.40 bits per heavy atom. The molecule has 0 N–H and O–H groups in total. The second kappa shape index (κ2) is 11.2. The molecule has 1 aromatic carbocycles. The Hall–Kier alpha value is -3.12. The van der Waals surface area contributed by atoms with E-state index in [9.17, 15) is 4.79 Å². The molecule has 1 aromatic heterocycles. The van der Waals surface area contributed by atoms with Gasteiger partial charge in [-0.3, -0.25) is 9.79 Å². The number of methoxy groups -OCH3 is 1. The van der Waals surface area contributed by atoms with Gasteiger partial charge in [0.2, 0.25) is 0 Å². The van der Waals surface area contributed by atoms with Crippen LogP contribution >= 0.6 is 11.8 Å². The lowest BCUT2D eigenvalue weighted by Gasteiger charge is -2.20. The molecule has 0 bridgehead atoms. The minimum Gasteiger partial charge on any atom is -0.469 e. The molecule has 1 heterocycles. The van der Waals surface area contributed by atoms with Crippen molar-refractivity contribution < 1.29 is 9.53 Å². The molecule has 0 fully saturated rings. The highest BCUT2D eigenvalue weighted by Gasteiger charge is 2.22. The molecule has 154 valence electrons. The zero-order chi connectivity index (χ0) is 21.2. The number of nitrogens with zero attached hydrogens (tertiary/aromatic N) is 3. The second-order valence-electron chi connectivity index (χ2n) is 6.86. The van der Waals surface area contributed by atoms with Crippen LogP contribution in [0.1, 0.15) is 12.0 Å². The van der Waals surface area contributed by atoms with Gasteiger partial charge in [0.1, 0.15) is 0 Å². The fraction of sp³-hybridized carbons (Fsp3) is 0.208. The van der Waals surface area contributed by atoms with Gasteiger partial charge in [-0.2, -0.15) is 0 Å². The lowest BCUT2D eigenvalue weighted by atomic mass is 9.87. The molecule has 1 atom stereocenters. The summed E-state index contributed by atoms with van der Waals surface area (Å²) in [6.45, 7) is 4.19. The number of esters is 1. The molecule has 0 amide bonds. The molecule has 0 spiro atoms. The van der Waals surface area contributed by atoms with Crippen molar-refractivity contribution >= 4 is 30.0 Å². The molecule has 0 saturated carbocycles. The van der Waals surface area contributed by atoms with E-state index in [0.29, 0.717) is 6.42 Å². The third-order valence-electron chi connectivity index (χ3n) is 4.65. The van der Waals surface area contributed by atoms with Gasteiger partial charge in [0.05, 0.1) is 19.4 Å². The van der Waals surface area contributed by atoms with E-state index in [1.54, 1.807) is 30.5 Å². The highest BCUT2D eigenvalue weighted by atomic mass is 32.2. The number of hydrogen-bond acceptors (Lipinski definition) is 5. The van der Waals surface area contributed by atoms with Crippen LogP contribution < -0.4 is 0 Å². The normalized spacial score (nSPS) is 16.8. The molecule has 2 aromatic rings. The zero-order valence-corrected chi connectivity index (χ0v) is 17.8. The molecule has 1 unspecified atom stereocenters. The maximum absolute atomic E-state index is 12.3. The summed E-state index contributed by atoms with van der Waals surface area (Å²) in [6, 6.07) is 10.1. The highest BCUT2D eigenvalue weighted by Crippen LogP contribution is 2.31. The fourth-order valence-corrected chi connectivity index (χ4v) is 3.96. The molecular weight excluding hydrogens is 394 g/mol. The summed E-state index contributed by atoms with van der Waals surface area (Å²) < 4.78 is 7.07. The number of aromatic nitrogens is 2. The van der Waals surface area contributed by atoms with Gasteiger partial charge in [0, 0.05) is 30.9 Å². The van der Waals surface area contributed by atoms with E-state index in [1.165, 1.54) is 12.7 Å². The van der Waals surface area contributed by atoms with E-state index in [1.807, 2.05) is 40.4 Å². The molecule has 5 nitrogen and oxygen atoms in total. The van der Waals surface area contributed by atoms with Gasteiger partial charge < -0.3 is 9.30 Å². The minimum absolute atomic E-state index is 0.215. The van der Waals surface area contributed by atoms with E-state index in [0.717, 1.165) is 29.0 Å². The van der Waals surface area contributed by atoms with Crippen molar-refractivity contribution in [2.45, 2.75) is 13.0 Å². The summed E-state index contributed by atoms with van der Waals surface area (Å²) in [4.78, 5) is 20.2. The molecule has 0 saturated heterocycles. The Kier molecular flexibility index (Phi) is 8.03. The van der Waals surface area contributed by atoms with E-state index in [4.69, 9.17) is 4.74 Å². The average molecular weight is 420 g/mol. The summed E-state index contributed by atoms with van der Waals surface area (Å²) in [5, 5.41) is 1.93. The summed E-state index contributed by atoms with van der Waals surface area (Å²) in [5.41, 5.74) is 4.44. The zero-order valence-electron chi connectivity index (χ0n) is 17.0. The first kappa shape index (κ1) is 21.6. The number of carbonyl (C=O) groups excluding carboxylic acids is 1. The van der Waals surface area contributed by atoms with E-state index < -0.39 is 0 Å². The van der Waals surface area contributed by atoms with Crippen molar-refractivity contribution in [2.75, 3.05) is 12.9 Å². The highest BCUT2D eigenvalue weighted by molar-refractivity contribution is 8.02. The van der Waals surface area contributed by atoms with Crippen LogP contribution in [0.5, 0.6) is 0 Å². The number of hydrogen-bond donors (Lipinski definition) is 0. The molecule has 1 aliphatic carbocycles. The minimum atomic E-state index is -0.298. The number of allylic oxidation sites excluding steroid dienone is 4. The topological polar surface area (TPSA) is 56.5 Å². The van der Waals surface area contributed by atoms with Crippen molar-refractivity contribution in [1.29, 1.82) is 0 Å². The van der Waals surface area contributed by atoms with E-state index >= 15 is 0 Å². The smallest absolute Gasteiger partial charge is 0.312 e. The second-order valence-corrected chi connectivity index (χ2v) is 7.75. The number of rotatable bonds is 9. The summed E-state index contributed by atoms with van der Waals surface area (Å²) in [5.74, 6) is 0.288. The average Bonchev–Trinajstić information content (AvgIpc) is 3.29. The van der Waals surface area contributed by atoms with Gasteiger partial charge >= 0.3 is 5.97 Å². The molecular formula is C24H25N3O2S. The predicted octanol–water partition coefficient (Wildman–Crippen LogP) is 4.92. The van der Waals surface area contributed by atoms with Crippen molar-refractivity contribution in [1.82, 2.24) is 9.55 Å². The third kappa shape index (κ3) is 6.19. The molecule has 1 aliphatic rings. The maximum atomic E-state index is 12.3. The molecule has 3 rings (SSSR count). The Morgan fingerprint density at radius 2 is 2.23 bits per heavy atom. The van der Waals surface area contributed by atoms with Gasteiger partial charge in [-0.25, -0.2) is 4.98 Å². The van der Waals surface area contributed by atoms with Gasteiger partial charge in [-0.1, -0.05) is 48.6 Å². The molecule has 30 heavy (non-hydrogen) atoms. The Morgan fingerprint density at radius 3 is 2.93 bits per heavy atom. The van der Waals surface area contributed by atoms with Crippen molar-refractivity contribution in [3.63, 3.8) is 0 Å². The number of imidazole rings is 1. The number of carbonyl (C=O) groups is 1. The van der Waals surface area contributed by atoms with Crippen LogP contribution in [0.3, 0.4) is 0 Å². The fourth-order valence-electron chi connectivity index (χ4n) is 3.30. The number of ether oxygens (including phenoxy) is 1. The predicted molar refractivity (Wildman–Crippen MR) is 124 cm³/mol. The quantitative estimate of drug-likeness (QED) is 0.428. The van der Waals surface area contributed by atoms with E-state index in [2.05, 4.69) is 41.0 Å². The van der Waals surface area contributed by atoms with Crippen molar-refractivity contribution in [3.8, 4) is 0 Å². The van der Waals surface area contributed by atoms with Crippen molar-refractivity contribution in [3.05, 3.63) is 95.6 Å². The Balaban J connectivity index is 1.90. The van der Waals surface area contributed by atoms with Crippen molar-refractivity contribution in [2.24, 2.45) is 10.9 Å². The monoisotopic (exact) mass is 419 g/mol. The number of aliphatic imine (C=N–C) groups is 1. The van der Waals surface area contributed by atoms with Gasteiger partial charge in [0.15, 0.2) is 0 Å². The molecule has 0 radical (unpaired) electrons. The van der Waals surface area contributed by atoms with Crippen LogP contribution in [0.15, 0.2) is 95.0 Å². The van der Waals surface area contributed by atoms with Crippen LogP contribution in [0.2, 0.25) is 0 Å². The number of benzene rings is 1. The SMILES string of the molecule is C=N/C=C\SC/C(=C\C1=CC(c2ccccc2)=CC(C(=O)OC)C1)Cn1ccnc1. The maximum Gasteiger partial charge on any atom is 0.312 e. The summed E-state index contributed by atoms with van der Waals surface area (Å²) >= 11 is 1.66. The van der Waals surface area contributed by atoms with Gasteiger partial charge in [-0.15, -0.1) is 11.8 Å². The van der Waals surface area contributed by atoms with Crippen LogP contribution in [-0.2, 0) is 16.1 Å². The van der Waals surface area contributed by atoms with E-state index in [-0.39, 0.29) is 11.9 Å².